The molecule has 1 N–H and O–H groups in total. The number of hydrogen-bond acceptors (Lipinski definition) is 3. The van der Waals surface area contributed by atoms with Gasteiger partial charge in [-0.2, -0.15) is 0 Å². The van der Waals surface area contributed by atoms with Crippen LogP contribution in [-0.4, -0.2) is 31.2 Å². The van der Waals surface area contributed by atoms with Gasteiger partial charge in [-0.15, -0.1) is 0 Å². The molecule has 0 heterocycles. The van der Waals surface area contributed by atoms with Crippen LogP contribution in [0.3, 0.4) is 0 Å². The molecular weight excluding hydrogens is 348 g/mol. The molecule has 0 aromatic carbocycles. The Morgan fingerprint density at radius 1 is 0.821 bits per heavy atom. The summed E-state index contributed by atoms with van der Waals surface area (Å²) in [5.41, 5.74) is 2.03. The van der Waals surface area contributed by atoms with Crippen LogP contribution in [-0.2, 0) is 9.53 Å². The van der Waals surface area contributed by atoms with E-state index in [9.17, 15) is 9.90 Å². The maximum Gasteiger partial charge on any atom is 0.161 e. The van der Waals surface area contributed by atoms with E-state index in [1.807, 2.05) is 0 Å². The molecule has 0 aromatic heterocycles. The molecule has 0 bridgehead atoms. The van der Waals surface area contributed by atoms with Gasteiger partial charge in [0.05, 0.1) is 6.61 Å². The zero-order valence-electron chi connectivity index (χ0n) is 19.0. The maximum atomic E-state index is 12.1. The fourth-order valence-electron chi connectivity index (χ4n) is 4.47. The molecule has 1 rings (SSSR count). The summed E-state index contributed by atoms with van der Waals surface area (Å²) < 4.78 is 5.08. The van der Waals surface area contributed by atoms with Crippen LogP contribution in [0.1, 0.15) is 117 Å². The topological polar surface area (TPSA) is 46.5 Å². The Kier molecular flexibility index (Phi) is 13.8. The molecule has 0 aromatic rings. The number of ether oxygens (including phenoxy) is 1. The van der Waals surface area contributed by atoms with Crippen molar-refractivity contribution in [3.8, 4) is 0 Å². The van der Waals surface area contributed by atoms with Crippen molar-refractivity contribution in [2.75, 3.05) is 20.3 Å². The first-order valence-corrected chi connectivity index (χ1v) is 11.9. The first-order valence-electron chi connectivity index (χ1n) is 11.9. The number of ketones is 1. The standard InChI is InChI=1S/C25H46O3/c1-25(2)19-18-24(27)22(21-26)23(25)17-15-13-11-9-7-5-4-6-8-10-12-14-16-20-28-3/h26H,4-21H2,1-3H3. The van der Waals surface area contributed by atoms with Gasteiger partial charge in [0.2, 0.25) is 0 Å². The zero-order chi connectivity index (χ0) is 20.7. The summed E-state index contributed by atoms with van der Waals surface area (Å²) >= 11 is 0. The number of unbranched alkanes of at least 4 members (excludes halogenated alkanes) is 12. The molecule has 0 atom stereocenters. The van der Waals surface area contributed by atoms with E-state index in [0.29, 0.717) is 6.42 Å². The SMILES string of the molecule is COCCCCCCCCCCCCCCCC1=C(CO)C(=O)CCC1(C)C. The Morgan fingerprint density at radius 3 is 1.75 bits per heavy atom. The number of aliphatic hydroxyl groups is 1. The highest BCUT2D eigenvalue weighted by Gasteiger charge is 2.32. The van der Waals surface area contributed by atoms with Gasteiger partial charge in [0, 0.05) is 25.7 Å². The molecule has 0 radical (unpaired) electrons. The minimum absolute atomic E-state index is 0.0786. The Bertz CT molecular complexity index is 451. The Hall–Kier alpha value is -0.670. The summed E-state index contributed by atoms with van der Waals surface area (Å²) in [7, 11) is 1.78. The molecule has 3 heteroatoms. The van der Waals surface area contributed by atoms with E-state index in [1.54, 1.807) is 7.11 Å². The summed E-state index contributed by atoms with van der Waals surface area (Å²) in [6.45, 7) is 5.29. The number of Topliss-reactive ketones (excluding diaryl/α,β-unsaturated/α-hetero) is 1. The quantitative estimate of drug-likeness (QED) is 0.277. The molecule has 3 nitrogen and oxygen atoms in total. The van der Waals surface area contributed by atoms with Crippen molar-refractivity contribution in [3.63, 3.8) is 0 Å². The summed E-state index contributed by atoms with van der Waals surface area (Å²) in [5.74, 6) is 0.173. The fraction of sp³-hybridized carbons (Fsp3) is 0.880. The summed E-state index contributed by atoms with van der Waals surface area (Å²) in [6, 6.07) is 0. The average molecular weight is 395 g/mol. The predicted octanol–water partition coefficient (Wildman–Crippen LogP) is 6.77. The fourth-order valence-corrected chi connectivity index (χ4v) is 4.47. The molecule has 1 aliphatic rings. The smallest absolute Gasteiger partial charge is 0.161 e. The number of methoxy groups -OCH3 is 1. The van der Waals surface area contributed by atoms with Gasteiger partial charge in [-0.05, 0) is 31.1 Å². The van der Waals surface area contributed by atoms with Crippen LogP contribution in [0.2, 0.25) is 0 Å². The van der Waals surface area contributed by atoms with Gasteiger partial charge in [-0.25, -0.2) is 0 Å². The third-order valence-electron chi connectivity index (χ3n) is 6.43. The van der Waals surface area contributed by atoms with Crippen molar-refractivity contribution < 1.29 is 14.6 Å². The summed E-state index contributed by atoms with van der Waals surface area (Å²) in [4.78, 5) is 12.1. The van der Waals surface area contributed by atoms with Crippen LogP contribution in [0.5, 0.6) is 0 Å². The number of carbonyl (C=O) groups excluding carboxylic acids is 1. The van der Waals surface area contributed by atoms with E-state index in [4.69, 9.17) is 4.74 Å². The van der Waals surface area contributed by atoms with Crippen molar-refractivity contribution in [2.24, 2.45) is 5.41 Å². The third kappa shape index (κ3) is 10.2. The minimum Gasteiger partial charge on any atom is -0.392 e. The molecular formula is C25H46O3. The van der Waals surface area contributed by atoms with Crippen molar-refractivity contribution in [1.82, 2.24) is 0 Å². The van der Waals surface area contributed by atoms with E-state index in [1.165, 1.54) is 82.6 Å². The molecule has 0 unspecified atom stereocenters. The van der Waals surface area contributed by atoms with Crippen LogP contribution in [0.4, 0.5) is 0 Å². The number of rotatable bonds is 17. The van der Waals surface area contributed by atoms with Gasteiger partial charge in [-0.1, -0.05) is 90.0 Å². The Morgan fingerprint density at radius 2 is 1.29 bits per heavy atom. The van der Waals surface area contributed by atoms with E-state index in [0.717, 1.165) is 31.4 Å². The van der Waals surface area contributed by atoms with E-state index >= 15 is 0 Å². The van der Waals surface area contributed by atoms with Gasteiger partial charge < -0.3 is 9.84 Å². The van der Waals surface area contributed by atoms with Gasteiger partial charge >= 0.3 is 0 Å². The lowest BCUT2D eigenvalue weighted by atomic mass is 9.70. The predicted molar refractivity (Wildman–Crippen MR) is 119 cm³/mol. The van der Waals surface area contributed by atoms with Crippen molar-refractivity contribution >= 4 is 5.78 Å². The second-order valence-corrected chi connectivity index (χ2v) is 9.26. The molecule has 0 spiro atoms. The van der Waals surface area contributed by atoms with Gasteiger partial charge in [0.25, 0.3) is 0 Å². The summed E-state index contributed by atoms with van der Waals surface area (Å²) in [5, 5.41) is 9.61. The normalized spacial score (nSPS) is 16.8. The van der Waals surface area contributed by atoms with Crippen molar-refractivity contribution in [1.29, 1.82) is 0 Å². The second-order valence-electron chi connectivity index (χ2n) is 9.26. The molecule has 0 fully saturated rings. The monoisotopic (exact) mass is 394 g/mol. The Labute approximate surface area is 174 Å². The minimum atomic E-state index is -0.0786. The van der Waals surface area contributed by atoms with E-state index < -0.39 is 0 Å². The van der Waals surface area contributed by atoms with Crippen LogP contribution in [0, 0.1) is 5.41 Å². The first-order chi connectivity index (χ1) is 13.5. The zero-order valence-corrected chi connectivity index (χ0v) is 19.0. The lowest BCUT2D eigenvalue weighted by Gasteiger charge is -2.34. The highest BCUT2D eigenvalue weighted by Crippen LogP contribution is 2.41. The molecule has 28 heavy (non-hydrogen) atoms. The van der Waals surface area contributed by atoms with Gasteiger partial charge in [0.15, 0.2) is 5.78 Å². The lowest BCUT2D eigenvalue weighted by Crippen LogP contribution is -2.27. The van der Waals surface area contributed by atoms with Crippen LogP contribution in [0.25, 0.3) is 0 Å². The first kappa shape index (κ1) is 25.4. The Balaban J connectivity index is 2.00. The molecule has 1 aliphatic carbocycles. The molecule has 0 saturated heterocycles. The number of hydrogen-bond donors (Lipinski definition) is 1. The van der Waals surface area contributed by atoms with E-state index in [2.05, 4.69) is 13.8 Å². The molecule has 0 saturated carbocycles. The highest BCUT2D eigenvalue weighted by atomic mass is 16.5. The third-order valence-corrected chi connectivity index (χ3v) is 6.43. The number of carbonyl (C=O) groups is 1. The van der Waals surface area contributed by atoms with Crippen molar-refractivity contribution in [2.45, 2.75) is 117 Å². The molecule has 0 amide bonds. The summed E-state index contributed by atoms with van der Waals surface area (Å²) in [6.07, 6.45) is 19.7. The van der Waals surface area contributed by atoms with Gasteiger partial charge in [0.1, 0.15) is 0 Å². The van der Waals surface area contributed by atoms with Crippen molar-refractivity contribution in [3.05, 3.63) is 11.1 Å². The van der Waals surface area contributed by atoms with E-state index in [-0.39, 0.29) is 17.8 Å². The van der Waals surface area contributed by atoms with Crippen LogP contribution >= 0.6 is 0 Å². The number of aliphatic hydroxyl groups excluding tert-OH is 1. The van der Waals surface area contributed by atoms with Gasteiger partial charge in [-0.3, -0.25) is 4.79 Å². The molecule has 164 valence electrons. The largest absolute Gasteiger partial charge is 0.392 e. The average Bonchev–Trinajstić information content (AvgIpc) is 2.67. The van der Waals surface area contributed by atoms with Crippen LogP contribution in [0.15, 0.2) is 11.1 Å². The second kappa shape index (κ2) is 15.2. The lowest BCUT2D eigenvalue weighted by molar-refractivity contribution is -0.117. The maximum absolute atomic E-state index is 12.1. The van der Waals surface area contributed by atoms with Crippen LogP contribution < -0.4 is 0 Å². The highest BCUT2D eigenvalue weighted by molar-refractivity contribution is 5.97. The number of allylic oxidation sites excluding steroid dienone is 1. The molecule has 0 aliphatic heterocycles.